The van der Waals surface area contributed by atoms with Crippen LogP contribution in [0.3, 0.4) is 0 Å². The number of halogens is 1. The Balaban J connectivity index is 2.80. The monoisotopic (exact) mass is 228 g/mol. The molecule has 1 atom stereocenters. The van der Waals surface area contributed by atoms with Gasteiger partial charge in [0.1, 0.15) is 6.04 Å². The Kier molecular flexibility index (Phi) is 3.91. The van der Waals surface area contributed by atoms with Crippen molar-refractivity contribution in [1.29, 1.82) is 0 Å². The van der Waals surface area contributed by atoms with E-state index in [-0.39, 0.29) is 5.97 Å². The molecule has 4 nitrogen and oxygen atoms in total. The zero-order valence-corrected chi connectivity index (χ0v) is 9.63. The van der Waals surface area contributed by atoms with E-state index in [9.17, 15) is 4.79 Å². The van der Waals surface area contributed by atoms with Gasteiger partial charge in [-0.05, 0) is 25.5 Å². The number of carbonyl (C=O) groups is 1. The molecule has 0 spiro atoms. The molecule has 0 saturated heterocycles. The largest absolute Gasteiger partial charge is 0.467 e. The Morgan fingerprint density at radius 1 is 1.67 bits per heavy atom. The van der Waals surface area contributed by atoms with Gasteiger partial charge in [0.2, 0.25) is 0 Å². The molecule has 15 heavy (non-hydrogen) atoms. The molecule has 0 aromatic carbocycles. The second kappa shape index (κ2) is 4.98. The fourth-order valence-electron chi connectivity index (χ4n) is 1.12. The van der Waals surface area contributed by atoms with E-state index in [1.165, 1.54) is 7.11 Å². The number of ether oxygens (including phenoxy) is 1. The fourth-order valence-corrected chi connectivity index (χ4v) is 1.28. The number of anilines is 1. The third kappa shape index (κ3) is 3.09. The van der Waals surface area contributed by atoms with Gasteiger partial charge in [-0.3, -0.25) is 0 Å². The molecule has 1 aromatic heterocycles. The molecule has 0 aliphatic carbocycles. The summed E-state index contributed by atoms with van der Waals surface area (Å²) < 4.78 is 4.59. The van der Waals surface area contributed by atoms with E-state index in [2.05, 4.69) is 15.0 Å². The third-order valence-electron chi connectivity index (χ3n) is 1.90. The summed E-state index contributed by atoms with van der Waals surface area (Å²) in [6, 6.07) is 1.38. The lowest BCUT2D eigenvalue weighted by molar-refractivity contribution is -0.141. The lowest BCUT2D eigenvalue weighted by atomic mass is 10.2. The highest BCUT2D eigenvalue weighted by atomic mass is 35.5. The Morgan fingerprint density at radius 3 is 2.93 bits per heavy atom. The molecular formula is C10H13ClN2O2. The van der Waals surface area contributed by atoms with Crippen LogP contribution in [0.25, 0.3) is 0 Å². The number of carbonyl (C=O) groups excluding carboxylic acids is 1. The number of rotatable bonds is 3. The Bertz CT molecular complexity index is 368. The summed E-state index contributed by atoms with van der Waals surface area (Å²) in [4.78, 5) is 15.1. The highest BCUT2D eigenvalue weighted by molar-refractivity contribution is 6.32. The van der Waals surface area contributed by atoms with Crippen molar-refractivity contribution in [1.82, 2.24) is 4.98 Å². The van der Waals surface area contributed by atoms with E-state index in [0.29, 0.717) is 10.8 Å². The molecule has 0 bridgehead atoms. The van der Waals surface area contributed by atoms with E-state index in [1.54, 1.807) is 13.1 Å². The predicted octanol–water partition coefficient (Wildman–Crippen LogP) is 2.02. The summed E-state index contributed by atoms with van der Waals surface area (Å²) in [6.45, 7) is 3.60. The first-order valence-electron chi connectivity index (χ1n) is 4.51. The lowest BCUT2D eigenvalue weighted by Gasteiger charge is -2.13. The predicted molar refractivity (Wildman–Crippen MR) is 59.1 cm³/mol. The topological polar surface area (TPSA) is 51.2 Å². The van der Waals surface area contributed by atoms with Gasteiger partial charge in [-0.15, -0.1) is 0 Å². The van der Waals surface area contributed by atoms with Crippen molar-refractivity contribution in [3.63, 3.8) is 0 Å². The number of pyridine rings is 1. The van der Waals surface area contributed by atoms with Crippen LogP contribution in [0.15, 0.2) is 12.3 Å². The minimum Gasteiger partial charge on any atom is -0.467 e. The molecule has 0 fully saturated rings. The third-order valence-corrected chi connectivity index (χ3v) is 2.20. The molecule has 82 valence electrons. The van der Waals surface area contributed by atoms with Crippen molar-refractivity contribution in [2.45, 2.75) is 19.9 Å². The summed E-state index contributed by atoms with van der Waals surface area (Å²) in [5.41, 5.74) is 1.61. The number of aromatic nitrogens is 1. The van der Waals surface area contributed by atoms with Gasteiger partial charge in [0.05, 0.1) is 12.8 Å². The minimum atomic E-state index is -0.448. The SMILES string of the molecule is COC(=O)C(C)Nc1cc(C)cnc1Cl. The van der Waals surface area contributed by atoms with E-state index in [1.807, 2.05) is 13.0 Å². The minimum absolute atomic E-state index is 0.340. The Hall–Kier alpha value is -1.29. The number of hydrogen-bond donors (Lipinski definition) is 1. The first kappa shape index (κ1) is 11.8. The van der Waals surface area contributed by atoms with Gasteiger partial charge >= 0.3 is 5.97 Å². The van der Waals surface area contributed by atoms with E-state index >= 15 is 0 Å². The summed E-state index contributed by atoms with van der Waals surface area (Å²) in [7, 11) is 1.34. The van der Waals surface area contributed by atoms with Crippen LogP contribution in [-0.2, 0) is 9.53 Å². The first-order chi connectivity index (χ1) is 7.04. The molecule has 1 rings (SSSR count). The van der Waals surface area contributed by atoms with E-state index in [0.717, 1.165) is 5.56 Å². The van der Waals surface area contributed by atoms with Crippen LogP contribution >= 0.6 is 11.6 Å². The average Bonchev–Trinajstić information content (AvgIpc) is 2.22. The molecule has 0 aliphatic heterocycles. The number of aryl methyl sites for hydroxylation is 1. The second-order valence-corrected chi connectivity index (χ2v) is 3.60. The molecular weight excluding hydrogens is 216 g/mol. The average molecular weight is 229 g/mol. The Morgan fingerprint density at radius 2 is 2.33 bits per heavy atom. The van der Waals surface area contributed by atoms with Crippen molar-refractivity contribution >= 4 is 23.3 Å². The molecule has 0 radical (unpaired) electrons. The van der Waals surface area contributed by atoms with Crippen molar-refractivity contribution < 1.29 is 9.53 Å². The molecule has 1 unspecified atom stereocenters. The normalized spacial score (nSPS) is 12.0. The van der Waals surface area contributed by atoms with Gasteiger partial charge in [-0.25, -0.2) is 9.78 Å². The zero-order chi connectivity index (χ0) is 11.4. The van der Waals surface area contributed by atoms with Gasteiger partial charge in [0, 0.05) is 6.20 Å². The smallest absolute Gasteiger partial charge is 0.327 e. The van der Waals surface area contributed by atoms with Crippen LogP contribution in [0, 0.1) is 6.92 Å². The van der Waals surface area contributed by atoms with Crippen LogP contribution in [0.5, 0.6) is 0 Å². The van der Waals surface area contributed by atoms with Crippen LogP contribution in [0.2, 0.25) is 5.15 Å². The van der Waals surface area contributed by atoms with Gasteiger partial charge in [0.15, 0.2) is 5.15 Å². The number of hydrogen-bond acceptors (Lipinski definition) is 4. The van der Waals surface area contributed by atoms with Crippen LogP contribution in [0.4, 0.5) is 5.69 Å². The number of esters is 1. The van der Waals surface area contributed by atoms with Crippen molar-refractivity contribution in [3.8, 4) is 0 Å². The lowest BCUT2D eigenvalue weighted by Crippen LogP contribution is -2.27. The number of nitrogens with zero attached hydrogens (tertiary/aromatic N) is 1. The highest BCUT2D eigenvalue weighted by Gasteiger charge is 2.14. The van der Waals surface area contributed by atoms with Crippen LogP contribution in [-0.4, -0.2) is 24.1 Å². The molecule has 0 saturated carbocycles. The fraction of sp³-hybridized carbons (Fsp3) is 0.400. The maximum atomic E-state index is 11.2. The van der Waals surface area contributed by atoms with Crippen molar-refractivity contribution in [3.05, 3.63) is 23.0 Å². The maximum absolute atomic E-state index is 11.2. The summed E-state index contributed by atoms with van der Waals surface area (Å²) in [5, 5.41) is 3.28. The maximum Gasteiger partial charge on any atom is 0.327 e. The number of methoxy groups -OCH3 is 1. The van der Waals surface area contributed by atoms with Crippen molar-refractivity contribution in [2.24, 2.45) is 0 Å². The van der Waals surface area contributed by atoms with Crippen LogP contribution < -0.4 is 5.32 Å². The number of nitrogens with one attached hydrogen (secondary N) is 1. The quantitative estimate of drug-likeness (QED) is 0.635. The van der Waals surface area contributed by atoms with E-state index < -0.39 is 6.04 Å². The second-order valence-electron chi connectivity index (χ2n) is 3.24. The molecule has 5 heteroatoms. The van der Waals surface area contributed by atoms with E-state index in [4.69, 9.17) is 11.6 Å². The summed E-state index contributed by atoms with van der Waals surface area (Å²) in [6.07, 6.45) is 1.66. The van der Waals surface area contributed by atoms with Crippen LogP contribution in [0.1, 0.15) is 12.5 Å². The first-order valence-corrected chi connectivity index (χ1v) is 4.89. The van der Waals surface area contributed by atoms with Gasteiger partial charge in [-0.1, -0.05) is 11.6 Å². The standard InChI is InChI=1S/C10H13ClN2O2/c1-6-4-8(9(11)12-5-6)13-7(2)10(14)15-3/h4-5,7,13H,1-3H3. The van der Waals surface area contributed by atoms with Crippen molar-refractivity contribution in [2.75, 3.05) is 12.4 Å². The molecule has 1 aromatic rings. The molecule has 0 amide bonds. The zero-order valence-electron chi connectivity index (χ0n) is 8.87. The Labute approximate surface area is 93.6 Å². The molecule has 0 aliphatic rings. The summed E-state index contributed by atoms with van der Waals surface area (Å²) in [5.74, 6) is -0.340. The van der Waals surface area contributed by atoms with Gasteiger partial charge in [0.25, 0.3) is 0 Å². The summed E-state index contributed by atoms with van der Waals surface area (Å²) >= 11 is 5.86. The molecule has 1 heterocycles. The molecule has 1 N–H and O–H groups in total. The van der Waals surface area contributed by atoms with Gasteiger partial charge < -0.3 is 10.1 Å². The van der Waals surface area contributed by atoms with Gasteiger partial charge in [-0.2, -0.15) is 0 Å². The highest BCUT2D eigenvalue weighted by Crippen LogP contribution is 2.20.